The van der Waals surface area contributed by atoms with Gasteiger partial charge >= 0.3 is 0 Å². The molecular weight excluding hydrogens is 537 g/mol. The Morgan fingerprint density at radius 1 is 1.00 bits per heavy atom. The minimum absolute atomic E-state index is 0.0106. The molecule has 1 amide bonds. The first-order chi connectivity index (χ1) is 16.5. The van der Waals surface area contributed by atoms with Crippen molar-refractivity contribution >= 4 is 66.5 Å². The van der Waals surface area contributed by atoms with Crippen LogP contribution in [0.25, 0.3) is 0 Å². The Hall–Kier alpha value is -2.93. The van der Waals surface area contributed by atoms with E-state index in [-0.39, 0.29) is 46.8 Å². The van der Waals surface area contributed by atoms with Gasteiger partial charge in [-0.25, -0.2) is 31.5 Å². The van der Waals surface area contributed by atoms with Gasteiger partial charge in [-0.05, 0) is 55.0 Å². The first-order valence-corrected chi connectivity index (χ1v) is 14.2. The lowest BCUT2D eigenvalue weighted by molar-refractivity contribution is -0.116. The highest BCUT2D eigenvalue weighted by molar-refractivity contribution is 7.92. The van der Waals surface area contributed by atoms with Crippen molar-refractivity contribution < 1.29 is 21.6 Å². The second-order valence-corrected chi connectivity index (χ2v) is 11.7. The summed E-state index contributed by atoms with van der Waals surface area (Å²) in [4.78, 5) is 19.9. The van der Waals surface area contributed by atoms with E-state index in [9.17, 15) is 21.6 Å². The third-order valence-electron chi connectivity index (χ3n) is 4.58. The van der Waals surface area contributed by atoms with Crippen LogP contribution in [0.4, 0.5) is 17.3 Å². The topological polar surface area (TPSA) is 138 Å². The minimum atomic E-state index is -3.90. The molecule has 10 nitrogen and oxygen atoms in total. The number of nitrogens with zero attached hydrogens (tertiary/aromatic N) is 3. The Labute approximate surface area is 213 Å². The number of aromatic nitrogens is 2. The molecule has 3 aromatic rings. The third-order valence-corrected chi connectivity index (χ3v) is 7.66. The number of hydrogen-bond acceptors (Lipinski definition) is 7. The van der Waals surface area contributed by atoms with E-state index in [0.717, 1.165) is 10.6 Å². The number of benzene rings is 2. The summed E-state index contributed by atoms with van der Waals surface area (Å²) in [6.45, 7) is 0.0106. The summed E-state index contributed by atoms with van der Waals surface area (Å²) in [6.07, 6.45) is 4.06. The summed E-state index contributed by atoms with van der Waals surface area (Å²) < 4.78 is 52.7. The zero-order chi connectivity index (χ0) is 25.6. The molecule has 0 atom stereocenters. The van der Waals surface area contributed by atoms with Crippen LogP contribution in [0, 0.1) is 0 Å². The number of anilines is 3. The van der Waals surface area contributed by atoms with Crippen molar-refractivity contribution in [3.63, 3.8) is 0 Å². The SMILES string of the molecule is CS(=O)(=O)N(CCCC(=O)Nc1ccc(S(=O)(=O)Nc2ncccn2)cc1)c1cc(Cl)ccc1Cl. The molecule has 2 aromatic carbocycles. The lowest BCUT2D eigenvalue weighted by Crippen LogP contribution is -2.31. The monoisotopic (exact) mass is 557 g/mol. The summed E-state index contributed by atoms with van der Waals surface area (Å²) in [5.74, 6) is -0.436. The van der Waals surface area contributed by atoms with E-state index < -0.39 is 20.0 Å². The maximum absolute atomic E-state index is 12.4. The summed E-state index contributed by atoms with van der Waals surface area (Å²) in [5.41, 5.74) is 0.608. The molecular formula is C21H21Cl2N5O5S2. The van der Waals surface area contributed by atoms with Gasteiger partial charge in [-0.15, -0.1) is 0 Å². The lowest BCUT2D eigenvalue weighted by Gasteiger charge is -2.23. The first kappa shape index (κ1) is 26.7. The molecule has 1 heterocycles. The van der Waals surface area contributed by atoms with Crippen molar-refractivity contribution in [3.05, 3.63) is 71.0 Å². The predicted octanol–water partition coefficient (Wildman–Crippen LogP) is 3.77. The van der Waals surface area contributed by atoms with Crippen LogP contribution in [0.15, 0.2) is 65.8 Å². The number of sulfonamides is 2. The number of rotatable bonds is 10. The van der Waals surface area contributed by atoms with Gasteiger partial charge in [0, 0.05) is 36.1 Å². The summed E-state index contributed by atoms with van der Waals surface area (Å²) >= 11 is 12.1. The molecule has 0 unspecified atom stereocenters. The van der Waals surface area contributed by atoms with Crippen LogP contribution < -0.4 is 14.3 Å². The Bertz CT molecular complexity index is 1400. The van der Waals surface area contributed by atoms with Crippen LogP contribution in [0.3, 0.4) is 0 Å². The quantitative estimate of drug-likeness (QED) is 0.386. The van der Waals surface area contributed by atoms with E-state index in [1.54, 1.807) is 12.1 Å². The van der Waals surface area contributed by atoms with Crippen LogP contribution in [0.1, 0.15) is 12.8 Å². The molecule has 0 saturated heterocycles. The van der Waals surface area contributed by atoms with Crippen molar-refractivity contribution in [3.8, 4) is 0 Å². The van der Waals surface area contributed by atoms with Gasteiger partial charge in [0.25, 0.3) is 10.0 Å². The standard InChI is InChI=1S/C21H21Cl2N5O5S2/c1-34(30,31)28(19-14-15(22)5-10-18(19)23)13-2-4-20(29)26-16-6-8-17(9-7-16)35(32,33)27-21-24-11-3-12-25-21/h3,5-12,14H,2,4,13H2,1H3,(H,26,29)(H,24,25,27). The highest BCUT2D eigenvalue weighted by Gasteiger charge is 2.21. The van der Waals surface area contributed by atoms with Gasteiger partial charge < -0.3 is 5.32 Å². The summed E-state index contributed by atoms with van der Waals surface area (Å²) in [7, 11) is -7.57. The summed E-state index contributed by atoms with van der Waals surface area (Å²) in [5, 5.41) is 3.19. The number of hydrogen-bond donors (Lipinski definition) is 2. The third kappa shape index (κ3) is 7.52. The second-order valence-electron chi connectivity index (χ2n) is 7.28. The Balaban J connectivity index is 1.59. The van der Waals surface area contributed by atoms with Gasteiger partial charge in [-0.2, -0.15) is 0 Å². The molecule has 3 rings (SSSR count). The van der Waals surface area contributed by atoms with Crippen molar-refractivity contribution in [2.75, 3.05) is 27.1 Å². The van der Waals surface area contributed by atoms with Crippen LogP contribution in [0.2, 0.25) is 10.0 Å². The van der Waals surface area contributed by atoms with Gasteiger partial charge in [0.2, 0.25) is 21.9 Å². The molecule has 0 aliphatic rings. The summed E-state index contributed by atoms with van der Waals surface area (Å²) in [6, 6.07) is 11.6. The van der Waals surface area contributed by atoms with Crippen molar-refractivity contribution in [1.82, 2.24) is 9.97 Å². The Morgan fingerprint density at radius 2 is 1.66 bits per heavy atom. The lowest BCUT2D eigenvalue weighted by atomic mass is 10.2. The fraction of sp³-hybridized carbons (Fsp3) is 0.190. The molecule has 0 saturated carbocycles. The molecule has 1 aromatic heterocycles. The van der Waals surface area contributed by atoms with E-state index in [4.69, 9.17) is 23.2 Å². The normalized spacial score (nSPS) is 11.6. The maximum atomic E-state index is 12.4. The molecule has 0 spiro atoms. The average Bonchev–Trinajstić information content (AvgIpc) is 2.78. The highest BCUT2D eigenvalue weighted by atomic mass is 35.5. The smallest absolute Gasteiger partial charge is 0.264 e. The van der Waals surface area contributed by atoms with Gasteiger partial charge in [-0.1, -0.05) is 23.2 Å². The van der Waals surface area contributed by atoms with Crippen LogP contribution in [-0.2, 0) is 24.8 Å². The Kier molecular flexibility index (Phi) is 8.54. The van der Waals surface area contributed by atoms with Gasteiger partial charge in [0.05, 0.1) is 21.9 Å². The second kappa shape index (κ2) is 11.2. The van der Waals surface area contributed by atoms with Crippen LogP contribution in [0.5, 0.6) is 0 Å². The minimum Gasteiger partial charge on any atom is -0.326 e. The number of nitrogens with one attached hydrogen (secondary N) is 2. The van der Waals surface area contributed by atoms with E-state index >= 15 is 0 Å². The van der Waals surface area contributed by atoms with E-state index in [2.05, 4.69) is 20.0 Å². The maximum Gasteiger partial charge on any atom is 0.264 e. The van der Waals surface area contributed by atoms with Gasteiger partial charge in [0.1, 0.15) is 0 Å². The van der Waals surface area contributed by atoms with Crippen LogP contribution >= 0.6 is 23.2 Å². The largest absolute Gasteiger partial charge is 0.326 e. The molecule has 0 aliphatic heterocycles. The molecule has 35 heavy (non-hydrogen) atoms. The van der Waals surface area contributed by atoms with Gasteiger partial charge in [0.15, 0.2) is 0 Å². The molecule has 14 heteroatoms. The number of halogens is 2. The zero-order valence-electron chi connectivity index (χ0n) is 18.4. The molecule has 186 valence electrons. The van der Waals surface area contributed by atoms with E-state index in [1.807, 2.05) is 0 Å². The molecule has 0 radical (unpaired) electrons. The molecule has 0 fully saturated rings. The van der Waals surface area contributed by atoms with Crippen molar-refractivity contribution in [1.29, 1.82) is 0 Å². The number of carbonyl (C=O) groups is 1. The van der Waals surface area contributed by atoms with Crippen molar-refractivity contribution in [2.24, 2.45) is 0 Å². The average molecular weight is 558 g/mol. The number of amides is 1. The predicted molar refractivity (Wildman–Crippen MR) is 136 cm³/mol. The van der Waals surface area contributed by atoms with E-state index in [1.165, 1.54) is 48.8 Å². The van der Waals surface area contributed by atoms with Gasteiger partial charge in [-0.3, -0.25) is 9.10 Å². The number of carbonyl (C=O) groups excluding carboxylic acids is 1. The molecule has 0 bridgehead atoms. The Morgan fingerprint density at radius 3 is 2.29 bits per heavy atom. The van der Waals surface area contributed by atoms with Crippen molar-refractivity contribution in [2.45, 2.75) is 17.7 Å². The highest BCUT2D eigenvalue weighted by Crippen LogP contribution is 2.31. The fourth-order valence-corrected chi connectivity index (χ4v) is 5.36. The zero-order valence-corrected chi connectivity index (χ0v) is 21.5. The van der Waals surface area contributed by atoms with Crippen LogP contribution in [-0.4, -0.2) is 45.5 Å². The fourth-order valence-electron chi connectivity index (χ4n) is 3.00. The first-order valence-electron chi connectivity index (χ1n) is 10.1. The molecule has 0 aliphatic carbocycles. The molecule has 2 N–H and O–H groups in total. The van der Waals surface area contributed by atoms with E-state index in [0.29, 0.717) is 10.7 Å².